The number of halogens is 1. The van der Waals surface area contributed by atoms with Crippen LogP contribution in [0.2, 0.25) is 0 Å². The molecule has 96 valence electrons. The van der Waals surface area contributed by atoms with Crippen LogP contribution >= 0.6 is 15.9 Å². The number of unbranched alkanes of at least 4 members (excludes halogenated alkanes) is 1. The molecule has 0 aliphatic carbocycles. The number of aromatic hydroxyl groups is 1. The van der Waals surface area contributed by atoms with Crippen molar-refractivity contribution in [2.75, 3.05) is 6.54 Å². The Bertz CT molecular complexity index is 339. The van der Waals surface area contributed by atoms with Crippen molar-refractivity contribution in [2.45, 2.75) is 39.7 Å². The Morgan fingerprint density at radius 3 is 2.71 bits per heavy atom. The number of benzene rings is 1. The van der Waals surface area contributed by atoms with Crippen molar-refractivity contribution >= 4 is 15.9 Å². The van der Waals surface area contributed by atoms with Gasteiger partial charge in [0.15, 0.2) is 0 Å². The van der Waals surface area contributed by atoms with Crippen LogP contribution in [-0.2, 0) is 6.54 Å². The fourth-order valence-electron chi connectivity index (χ4n) is 1.70. The summed E-state index contributed by atoms with van der Waals surface area (Å²) in [6, 6.07) is 5.62. The number of rotatable bonds is 7. The molecule has 0 aromatic heterocycles. The van der Waals surface area contributed by atoms with Gasteiger partial charge in [0, 0.05) is 6.54 Å². The summed E-state index contributed by atoms with van der Waals surface area (Å²) in [6.45, 7) is 6.45. The minimum absolute atomic E-state index is 0.297. The third-order valence-corrected chi connectivity index (χ3v) is 3.36. The first-order valence-electron chi connectivity index (χ1n) is 6.27. The summed E-state index contributed by atoms with van der Waals surface area (Å²) in [5, 5.41) is 12.8. The second-order valence-electron chi connectivity index (χ2n) is 4.85. The standard InChI is InChI=1S/C14H22BrNO/c1-11(2)5-3-4-8-16-10-12-6-7-14(17)13(15)9-12/h6-7,9,11,16-17H,3-5,8,10H2,1-2H3. The molecule has 0 aliphatic rings. The van der Waals surface area contributed by atoms with Crippen molar-refractivity contribution < 1.29 is 5.11 Å². The Morgan fingerprint density at radius 1 is 1.29 bits per heavy atom. The second kappa shape index (κ2) is 7.72. The van der Waals surface area contributed by atoms with E-state index in [2.05, 4.69) is 35.1 Å². The summed E-state index contributed by atoms with van der Waals surface area (Å²) >= 11 is 3.32. The minimum Gasteiger partial charge on any atom is -0.507 e. The molecule has 3 heteroatoms. The average molecular weight is 300 g/mol. The maximum Gasteiger partial charge on any atom is 0.129 e. The Morgan fingerprint density at radius 2 is 2.06 bits per heavy atom. The van der Waals surface area contributed by atoms with Gasteiger partial charge < -0.3 is 10.4 Å². The third-order valence-electron chi connectivity index (χ3n) is 2.73. The predicted octanol–water partition coefficient (Wildman–Crippen LogP) is 4.07. The second-order valence-corrected chi connectivity index (χ2v) is 5.71. The van der Waals surface area contributed by atoms with E-state index in [1.807, 2.05) is 12.1 Å². The first-order chi connectivity index (χ1) is 8.09. The lowest BCUT2D eigenvalue weighted by atomic mass is 10.1. The first kappa shape index (κ1) is 14.5. The summed E-state index contributed by atoms with van der Waals surface area (Å²) in [7, 11) is 0. The molecule has 1 aromatic carbocycles. The van der Waals surface area contributed by atoms with E-state index in [0.717, 1.165) is 23.5 Å². The van der Waals surface area contributed by atoms with Crippen LogP contribution in [0, 0.1) is 5.92 Å². The van der Waals surface area contributed by atoms with E-state index in [9.17, 15) is 5.11 Å². The summed E-state index contributed by atoms with van der Waals surface area (Å²) in [6.07, 6.45) is 3.84. The highest BCUT2D eigenvalue weighted by atomic mass is 79.9. The van der Waals surface area contributed by atoms with Crippen LogP contribution in [0.5, 0.6) is 5.75 Å². The number of hydrogen-bond acceptors (Lipinski definition) is 2. The lowest BCUT2D eigenvalue weighted by molar-refractivity contribution is 0.471. The molecule has 0 saturated heterocycles. The fourth-order valence-corrected chi connectivity index (χ4v) is 2.12. The largest absolute Gasteiger partial charge is 0.507 e. The smallest absolute Gasteiger partial charge is 0.129 e. The van der Waals surface area contributed by atoms with Crippen LogP contribution in [0.25, 0.3) is 0 Å². The van der Waals surface area contributed by atoms with E-state index < -0.39 is 0 Å². The molecule has 0 unspecified atom stereocenters. The molecular formula is C14H22BrNO. The molecule has 0 atom stereocenters. The van der Waals surface area contributed by atoms with Gasteiger partial charge in [-0.15, -0.1) is 0 Å². The fraction of sp³-hybridized carbons (Fsp3) is 0.571. The van der Waals surface area contributed by atoms with E-state index in [0.29, 0.717) is 5.75 Å². The highest BCUT2D eigenvalue weighted by molar-refractivity contribution is 9.10. The van der Waals surface area contributed by atoms with Crippen molar-refractivity contribution in [2.24, 2.45) is 5.92 Å². The Hall–Kier alpha value is -0.540. The minimum atomic E-state index is 0.297. The zero-order valence-corrected chi connectivity index (χ0v) is 12.3. The SMILES string of the molecule is CC(C)CCCCNCc1ccc(O)c(Br)c1. The lowest BCUT2D eigenvalue weighted by Crippen LogP contribution is -2.14. The van der Waals surface area contributed by atoms with Crippen LogP contribution in [0.15, 0.2) is 22.7 Å². The van der Waals surface area contributed by atoms with Crippen molar-refractivity contribution in [1.29, 1.82) is 0 Å². The predicted molar refractivity (Wildman–Crippen MR) is 76.2 cm³/mol. The number of phenols is 1. The van der Waals surface area contributed by atoms with Gasteiger partial charge in [0.05, 0.1) is 4.47 Å². The van der Waals surface area contributed by atoms with E-state index in [1.165, 1.54) is 24.8 Å². The highest BCUT2D eigenvalue weighted by Crippen LogP contribution is 2.24. The maximum atomic E-state index is 9.37. The van der Waals surface area contributed by atoms with Gasteiger partial charge in [-0.3, -0.25) is 0 Å². The zero-order valence-electron chi connectivity index (χ0n) is 10.7. The number of hydrogen-bond donors (Lipinski definition) is 2. The molecule has 2 N–H and O–H groups in total. The van der Waals surface area contributed by atoms with Gasteiger partial charge in [-0.25, -0.2) is 0 Å². The van der Waals surface area contributed by atoms with Crippen molar-refractivity contribution in [1.82, 2.24) is 5.32 Å². The Labute approximate surface area is 113 Å². The Balaban J connectivity index is 2.16. The molecule has 0 bridgehead atoms. The average Bonchev–Trinajstić information content (AvgIpc) is 2.27. The van der Waals surface area contributed by atoms with Gasteiger partial charge in [0.2, 0.25) is 0 Å². The van der Waals surface area contributed by atoms with Crippen LogP contribution in [0.1, 0.15) is 38.7 Å². The summed E-state index contributed by atoms with van der Waals surface area (Å²) < 4.78 is 0.761. The van der Waals surface area contributed by atoms with E-state index >= 15 is 0 Å². The summed E-state index contributed by atoms with van der Waals surface area (Å²) in [5.74, 6) is 1.11. The van der Waals surface area contributed by atoms with Crippen LogP contribution < -0.4 is 5.32 Å². The van der Waals surface area contributed by atoms with Gasteiger partial charge in [-0.2, -0.15) is 0 Å². The van der Waals surface area contributed by atoms with Gasteiger partial charge in [-0.1, -0.05) is 32.8 Å². The van der Waals surface area contributed by atoms with Gasteiger partial charge in [0.1, 0.15) is 5.75 Å². The molecule has 0 fully saturated rings. The molecular weight excluding hydrogens is 278 g/mol. The summed E-state index contributed by atoms with van der Waals surface area (Å²) in [5.41, 5.74) is 1.19. The molecule has 0 amide bonds. The van der Waals surface area contributed by atoms with Crippen molar-refractivity contribution in [3.63, 3.8) is 0 Å². The van der Waals surface area contributed by atoms with E-state index in [-0.39, 0.29) is 0 Å². The lowest BCUT2D eigenvalue weighted by Gasteiger charge is -2.07. The molecule has 0 heterocycles. The topological polar surface area (TPSA) is 32.3 Å². The third kappa shape index (κ3) is 6.08. The molecule has 0 spiro atoms. The van der Waals surface area contributed by atoms with Crippen molar-refractivity contribution in [3.8, 4) is 5.75 Å². The van der Waals surface area contributed by atoms with Gasteiger partial charge in [-0.05, 0) is 52.5 Å². The normalized spacial score (nSPS) is 11.1. The molecule has 1 rings (SSSR count). The van der Waals surface area contributed by atoms with Gasteiger partial charge in [0.25, 0.3) is 0 Å². The number of phenolic OH excluding ortho intramolecular Hbond substituents is 1. The highest BCUT2D eigenvalue weighted by Gasteiger charge is 1.99. The maximum absolute atomic E-state index is 9.37. The van der Waals surface area contributed by atoms with Crippen LogP contribution in [-0.4, -0.2) is 11.7 Å². The zero-order chi connectivity index (χ0) is 12.7. The summed E-state index contributed by atoms with van der Waals surface area (Å²) in [4.78, 5) is 0. The molecule has 0 aliphatic heterocycles. The van der Waals surface area contributed by atoms with E-state index in [1.54, 1.807) is 6.07 Å². The van der Waals surface area contributed by atoms with Crippen molar-refractivity contribution in [3.05, 3.63) is 28.2 Å². The monoisotopic (exact) mass is 299 g/mol. The Kier molecular flexibility index (Phi) is 6.60. The number of nitrogens with one attached hydrogen (secondary N) is 1. The molecule has 2 nitrogen and oxygen atoms in total. The first-order valence-corrected chi connectivity index (χ1v) is 7.07. The molecule has 0 saturated carbocycles. The molecule has 17 heavy (non-hydrogen) atoms. The quantitative estimate of drug-likeness (QED) is 0.744. The van der Waals surface area contributed by atoms with E-state index in [4.69, 9.17) is 0 Å². The van der Waals surface area contributed by atoms with Gasteiger partial charge >= 0.3 is 0 Å². The molecule has 1 aromatic rings. The van der Waals surface area contributed by atoms with Crippen LogP contribution in [0.3, 0.4) is 0 Å². The van der Waals surface area contributed by atoms with Crippen LogP contribution in [0.4, 0.5) is 0 Å². The molecule has 0 radical (unpaired) electrons.